The molecule has 0 aliphatic rings. The van der Waals surface area contributed by atoms with Crippen LogP contribution in [0.3, 0.4) is 0 Å². The minimum absolute atomic E-state index is 0.372. The molecule has 4 atom stereocenters. The van der Waals surface area contributed by atoms with Gasteiger partial charge in [-0.05, 0) is 38.5 Å². The highest BCUT2D eigenvalue weighted by Crippen LogP contribution is 2.20. The van der Waals surface area contributed by atoms with E-state index in [0.29, 0.717) is 12.8 Å². The van der Waals surface area contributed by atoms with Crippen molar-refractivity contribution in [3.63, 3.8) is 0 Å². The van der Waals surface area contributed by atoms with Gasteiger partial charge in [0.15, 0.2) is 0 Å². The number of aliphatic hydroxyl groups is 4. The van der Waals surface area contributed by atoms with E-state index in [1.54, 1.807) is 0 Å². The maximum Gasteiger partial charge on any atom is 0.249 e. The molecule has 5 N–H and O–H groups in total. The molecular formula is C68H135NO5. The molecule has 0 aromatic rings. The SMILES string of the molecule is CCCCCCCCCCCCCC/C=C\CCCCCCCCCCCCCC(O)C(=O)NC(CO)C(O)C(O)CCCCCCCCCCCCCCCCCCCCCCCCCCCCCCCCC. The first-order valence-electron chi connectivity index (χ1n) is 34.1. The Morgan fingerprint density at radius 1 is 0.324 bits per heavy atom. The van der Waals surface area contributed by atoms with Gasteiger partial charge in [-0.1, -0.05) is 360 Å². The van der Waals surface area contributed by atoms with Gasteiger partial charge in [0, 0.05) is 0 Å². The number of aliphatic hydroxyl groups excluding tert-OH is 4. The largest absolute Gasteiger partial charge is 0.394 e. The van der Waals surface area contributed by atoms with Gasteiger partial charge in [-0.3, -0.25) is 4.79 Å². The molecule has 0 spiro atoms. The number of hydrogen-bond donors (Lipinski definition) is 5. The average Bonchev–Trinajstić information content (AvgIpc) is 3.41. The monoisotopic (exact) mass is 1050 g/mol. The lowest BCUT2D eigenvalue weighted by molar-refractivity contribution is -0.132. The van der Waals surface area contributed by atoms with Crippen molar-refractivity contribution in [1.29, 1.82) is 0 Å². The van der Waals surface area contributed by atoms with E-state index >= 15 is 0 Å². The molecule has 1 amide bonds. The summed E-state index contributed by atoms with van der Waals surface area (Å²) >= 11 is 0. The number of hydrogen-bond acceptors (Lipinski definition) is 5. The molecule has 0 aromatic heterocycles. The lowest BCUT2D eigenvalue weighted by Gasteiger charge is -2.27. The second-order valence-electron chi connectivity index (χ2n) is 23.9. The van der Waals surface area contributed by atoms with E-state index in [0.717, 1.165) is 38.5 Å². The van der Waals surface area contributed by atoms with Gasteiger partial charge >= 0.3 is 0 Å². The summed E-state index contributed by atoms with van der Waals surface area (Å²) in [6.07, 6.45) is 77.6. The molecule has 0 heterocycles. The van der Waals surface area contributed by atoms with Gasteiger partial charge in [0.2, 0.25) is 5.91 Å². The van der Waals surface area contributed by atoms with E-state index < -0.39 is 36.9 Å². The van der Waals surface area contributed by atoms with Crippen molar-refractivity contribution in [2.24, 2.45) is 0 Å². The number of unbranched alkanes of at least 4 members (excludes halogenated alkanes) is 53. The number of carbonyl (C=O) groups is 1. The quantitative estimate of drug-likeness (QED) is 0.0308. The predicted octanol–water partition coefficient (Wildman–Crippen LogP) is 20.8. The maximum atomic E-state index is 12.7. The lowest BCUT2D eigenvalue weighted by atomic mass is 9.99. The Balaban J connectivity index is 3.53. The molecule has 0 saturated heterocycles. The van der Waals surface area contributed by atoms with Crippen LogP contribution in [0.4, 0.5) is 0 Å². The highest BCUT2D eigenvalue weighted by Gasteiger charge is 2.28. The van der Waals surface area contributed by atoms with Gasteiger partial charge in [0.25, 0.3) is 0 Å². The van der Waals surface area contributed by atoms with Crippen molar-refractivity contribution in [3.8, 4) is 0 Å². The molecule has 0 rings (SSSR count). The topological polar surface area (TPSA) is 110 Å². The fourth-order valence-corrected chi connectivity index (χ4v) is 11.2. The zero-order valence-electron chi connectivity index (χ0n) is 50.4. The molecule has 6 nitrogen and oxygen atoms in total. The first-order valence-corrected chi connectivity index (χ1v) is 34.1. The molecule has 0 saturated carbocycles. The fourth-order valence-electron chi connectivity index (χ4n) is 11.2. The van der Waals surface area contributed by atoms with Crippen LogP contribution in [0.1, 0.15) is 386 Å². The zero-order chi connectivity index (χ0) is 53.7. The summed E-state index contributed by atoms with van der Waals surface area (Å²) in [5.41, 5.74) is 0. The zero-order valence-corrected chi connectivity index (χ0v) is 50.4. The first-order chi connectivity index (χ1) is 36.5. The smallest absolute Gasteiger partial charge is 0.249 e. The normalized spacial score (nSPS) is 13.5. The summed E-state index contributed by atoms with van der Waals surface area (Å²) < 4.78 is 0. The summed E-state index contributed by atoms with van der Waals surface area (Å²) in [7, 11) is 0. The Hall–Kier alpha value is -0.950. The van der Waals surface area contributed by atoms with Crippen molar-refractivity contribution in [1.82, 2.24) is 5.32 Å². The molecule has 0 bridgehead atoms. The van der Waals surface area contributed by atoms with Crippen molar-refractivity contribution < 1.29 is 25.2 Å². The maximum absolute atomic E-state index is 12.7. The number of nitrogens with one attached hydrogen (secondary N) is 1. The minimum atomic E-state index is -1.26. The molecule has 74 heavy (non-hydrogen) atoms. The highest BCUT2D eigenvalue weighted by molar-refractivity contribution is 5.80. The van der Waals surface area contributed by atoms with E-state index in [4.69, 9.17) is 0 Å². The Morgan fingerprint density at radius 3 is 0.784 bits per heavy atom. The van der Waals surface area contributed by atoms with Crippen LogP contribution in [0.25, 0.3) is 0 Å². The summed E-state index contributed by atoms with van der Waals surface area (Å²) in [5, 5.41) is 44.2. The van der Waals surface area contributed by atoms with Gasteiger partial charge < -0.3 is 25.7 Å². The molecule has 6 heteroatoms. The van der Waals surface area contributed by atoms with Crippen LogP contribution < -0.4 is 5.32 Å². The van der Waals surface area contributed by atoms with Crippen molar-refractivity contribution in [3.05, 3.63) is 12.2 Å². The van der Waals surface area contributed by atoms with Crippen LogP contribution in [0.15, 0.2) is 12.2 Å². The van der Waals surface area contributed by atoms with E-state index in [2.05, 4.69) is 31.3 Å². The Bertz CT molecular complexity index is 1080. The summed E-state index contributed by atoms with van der Waals surface area (Å²) in [6, 6.07) is -0.985. The Kier molecular flexibility index (Phi) is 62.1. The summed E-state index contributed by atoms with van der Waals surface area (Å²) in [4.78, 5) is 12.7. The average molecular weight is 1050 g/mol. The van der Waals surface area contributed by atoms with Gasteiger partial charge in [-0.25, -0.2) is 0 Å². The summed E-state index contributed by atoms with van der Waals surface area (Å²) in [5.74, 6) is -0.577. The highest BCUT2D eigenvalue weighted by atomic mass is 16.3. The summed E-state index contributed by atoms with van der Waals surface area (Å²) in [6.45, 7) is 4.11. The minimum Gasteiger partial charge on any atom is -0.394 e. The fraction of sp³-hybridized carbons (Fsp3) is 0.956. The van der Waals surface area contributed by atoms with Crippen molar-refractivity contribution in [2.75, 3.05) is 6.61 Å². The van der Waals surface area contributed by atoms with E-state index in [1.165, 1.54) is 321 Å². The lowest BCUT2D eigenvalue weighted by Crippen LogP contribution is -2.53. The van der Waals surface area contributed by atoms with Crippen molar-refractivity contribution in [2.45, 2.75) is 411 Å². The molecule has 0 aliphatic carbocycles. The predicted molar refractivity (Wildman–Crippen MR) is 325 cm³/mol. The molecule has 0 fully saturated rings. The van der Waals surface area contributed by atoms with Crippen LogP contribution in [-0.4, -0.2) is 57.3 Å². The number of rotatable bonds is 64. The molecule has 442 valence electrons. The number of amides is 1. The third kappa shape index (κ3) is 55.8. The first kappa shape index (κ1) is 73.0. The standard InChI is InChI=1S/C68H135NO5/c1-3-5-7-9-11-13-15-17-19-21-23-25-27-29-31-32-33-34-36-37-39-41-43-45-47-49-51-53-55-57-59-61-65(71)67(73)64(63-70)69-68(74)66(72)62-60-58-56-54-52-50-48-46-44-42-40-38-35-30-28-26-24-22-20-18-16-14-12-10-8-6-4-2/h30,35,64-67,70-73H,3-29,31-34,36-63H2,1-2H3,(H,69,74)/b35-30-. The second-order valence-corrected chi connectivity index (χ2v) is 23.9. The van der Waals surface area contributed by atoms with Crippen LogP contribution in [0.5, 0.6) is 0 Å². The Labute approximate surface area is 463 Å². The van der Waals surface area contributed by atoms with E-state index in [-0.39, 0.29) is 0 Å². The van der Waals surface area contributed by atoms with Crippen molar-refractivity contribution >= 4 is 5.91 Å². The third-order valence-electron chi connectivity index (χ3n) is 16.5. The van der Waals surface area contributed by atoms with Gasteiger partial charge in [-0.15, -0.1) is 0 Å². The second kappa shape index (κ2) is 62.9. The van der Waals surface area contributed by atoms with Gasteiger partial charge in [-0.2, -0.15) is 0 Å². The number of carbonyl (C=O) groups excluding carboxylic acids is 1. The molecule has 0 aromatic carbocycles. The molecule has 0 aliphatic heterocycles. The third-order valence-corrected chi connectivity index (χ3v) is 16.5. The van der Waals surface area contributed by atoms with Crippen LogP contribution >= 0.6 is 0 Å². The Morgan fingerprint density at radius 2 is 0.541 bits per heavy atom. The van der Waals surface area contributed by atoms with Crippen LogP contribution in [0.2, 0.25) is 0 Å². The van der Waals surface area contributed by atoms with Gasteiger partial charge in [0.1, 0.15) is 12.2 Å². The number of allylic oxidation sites excluding steroid dienone is 2. The van der Waals surface area contributed by atoms with Gasteiger partial charge in [0.05, 0.1) is 18.8 Å². The van der Waals surface area contributed by atoms with Crippen LogP contribution in [0, 0.1) is 0 Å². The molecular weight excluding hydrogens is 911 g/mol. The van der Waals surface area contributed by atoms with Crippen LogP contribution in [-0.2, 0) is 4.79 Å². The van der Waals surface area contributed by atoms with E-state index in [1.807, 2.05) is 0 Å². The molecule has 4 unspecified atom stereocenters. The molecule has 0 radical (unpaired) electrons. The van der Waals surface area contributed by atoms with E-state index in [9.17, 15) is 25.2 Å².